The summed E-state index contributed by atoms with van der Waals surface area (Å²) in [4.78, 5) is 0. The third-order valence-electron chi connectivity index (χ3n) is 7.32. The first-order valence-corrected chi connectivity index (χ1v) is 13.8. The highest BCUT2D eigenvalue weighted by Crippen LogP contribution is 2.64. The predicted molar refractivity (Wildman–Crippen MR) is 137 cm³/mol. The van der Waals surface area contributed by atoms with E-state index in [0.717, 1.165) is 33.5 Å². The summed E-state index contributed by atoms with van der Waals surface area (Å²) in [6.07, 6.45) is 0. The maximum absolute atomic E-state index is 4.80. The highest BCUT2D eigenvalue weighted by atomic mass is 32.2. The van der Waals surface area contributed by atoms with Gasteiger partial charge in [0.2, 0.25) is 0 Å². The van der Waals surface area contributed by atoms with Crippen molar-refractivity contribution < 1.29 is 0 Å². The molecule has 0 saturated carbocycles. The van der Waals surface area contributed by atoms with Gasteiger partial charge in [0.1, 0.15) is 11.6 Å². The lowest BCUT2D eigenvalue weighted by Gasteiger charge is -2.49. The van der Waals surface area contributed by atoms with Crippen molar-refractivity contribution in [2.75, 3.05) is 11.5 Å². The predicted octanol–water partition coefficient (Wildman–Crippen LogP) is 5.33. The molecule has 4 aromatic rings. The zero-order chi connectivity index (χ0) is 23.4. The lowest BCUT2D eigenvalue weighted by atomic mass is 9.53. The normalized spacial score (nSPS) is 22.6. The maximum Gasteiger partial charge on any atom is 0.190 e. The van der Waals surface area contributed by atoms with E-state index >= 15 is 0 Å². The van der Waals surface area contributed by atoms with Crippen molar-refractivity contribution in [1.82, 2.24) is 29.5 Å². The summed E-state index contributed by atoms with van der Waals surface area (Å²) < 4.78 is 4.41. The number of thioether (sulfide) groups is 2. The van der Waals surface area contributed by atoms with E-state index in [2.05, 4.69) is 95.8 Å². The smallest absolute Gasteiger partial charge is 0.190 e. The number of hydrogen-bond acceptors (Lipinski definition) is 6. The van der Waals surface area contributed by atoms with E-state index in [1.54, 1.807) is 23.5 Å². The first-order valence-electron chi connectivity index (χ1n) is 11.9. The molecule has 8 heteroatoms. The van der Waals surface area contributed by atoms with Crippen LogP contribution < -0.4 is 0 Å². The van der Waals surface area contributed by atoms with Crippen molar-refractivity contribution in [3.05, 3.63) is 82.4 Å². The molecule has 2 heterocycles. The van der Waals surface area contributed by atoms with E-state index in [0.29, 0.717) is 0 Å². The van der Waals surface area contributed by atoms with Crippen molar-refractivity contribution in [3.8, 4) is 0 Å². The Morgan fingerprint density at radius 3 is 1.29 bits per heavy atom. The van der Waals surface area contributed by atoms with E-state index in [1.807, 2.05) is 0 Å². The Bertz CT molecular complexity index is 1210. The number of rotatable bonds is 6. The number of hydrogen-bond donors (Lipinski definition) is 0. The molecule has 34 heavy (non-hydrogen) atoms. The average molecular weight is 489 g/mol. The molecular weight excluding hydrogens is 460 g/mol. The Morgan fingerprint density at radius 2 is 0.971 bits per heavy atom. The minimum Gasteiger partial charge on any atom is -0.309 e. The Kier molecular flexibility index (Phi) is 5.53. The summed E-state index contributed by atoms with van der Waals surface area (Å²) in [5, 5.41) is 20.7. The molecule has 7 rings (SSSR count). The van der Waals surface area contributed by atoms with Gasteiger partial charge in [0, 0.05) is 37.8 Å². The van der Waals surface area contributed by atoms with Crippen LogP contribution in [0.5, 0.6) is 0 Å². The second-order valence-corrected chi connectivity index (χ2v) is 11.4. The summed E-state index contributed by atoms with van der Waals surface area (Å²) in [5.41, 5.74) is 5.63. The standard InChI is InChI=1S/C26H28N6S2/c1-5-33-25-29-27-23(31(25)3)21-19-15-11-7-9-13-17(15)20(18-14-10-8-12-16(18)19)22(21)24-28-30-26(32(24)4)34-6-2/h7-14,19-22H,5-6H2,1-4H3/t19?,20?,21-,22-/m1/s1. The van der Waals surface area contributed by atoms with Crippen molar-refractivity contribution in [3.63, 3.8) is 0 Å². The molecule has 2 atom stereocenters. The third-order valence-corrected chi connectivity index (χ3v) is 9.12. The summed E-state index contributed by atoms with van der Waals surface area (Å²) in [7, 11) is 4.22. The van der Waals surface area contributed by atoms with E-state index in [4.69, 9.17) is 10.2 Å². The third kappa shape index (κ3) is 3.11. The van der Waals surface area contributed by atoms with Gasteiger partial charge in [0.25, 0.3) is 0 Å². The molecule has 2 bridgehead atoms. The van der Waals surface area contributed by atoms with Gasteiger partial charge in [-0.2, -0.15) is 0 Å². The Balaban J connectivity index is 1.63. The first-order chi connectivity index (χ1) is 16.7. The summed E-state index contributed by atoms with van der Waals surface area (Å²) in [6, 6.07) is 17.9. The Labute approximate surface area is 208 Å². The van der Waals surface area contributed by atoms with E-state index in [9.17, 15) is 0 Å². The molecule has 2 aromatic carbocycles. The van der Waals surface area contributed by atoms with Crippen LogP contribution in [-0.2, 0) is 14.1 Å². The molecule has 0 radical (unpaired) electrons. The van der Waals surface area contributed by atoms with Crippen LogP contribution in [-0.4, -0.2) is 41.0 Å². The van der Waals surface area contributed by atoms with Gasteiger partial charge in [-0.05, 0) is 33.8 Å². The molecule has 0 aliphatic heterocycles. The van der Waals surface area contributed by atoms with Gasteiger partial charge in [-0.1, -0.05) is 85.9 Å². The van der Waals surface area contributed by atoms with Gasteiger partial charge in [-0.25, -0.2) is 0 Å². The number of aromatic nitrogens is 6. The fourth-order valence-electron chi connectivity index (χ4n) is 6.04. The summed E-state index contributed by atoms with van der Waals surface area (Å²) >= 11 is 3.48. The van der Waals surface area contributed by atoms with Crippen LogP contribution in [0.2, 0.25) is 0 Å². The molecule has 2 aromatic heterocycles. The van der Waals surface area contributed by atoms with Crippen LogP contribution in [0.3, 0.4) is 0 Å². The van der Waals surface area contributed by atoms with Crippen LogP contribution in [0.15, 0.2) is 58.8 Å². The van der Waals surface area contributed by atoms with Crippen molar-refractivity contribution in [1.29, 1.82) is 0 Å². The second kappa shape index (κ2) is 8.57. The monoisotopic (exact) mass is 488 g/mol. The van der Waals surface area contributed by atoms with Gasteiger partial charge in [0.15, 0.2) is 10.3 Å². The zero-order valence-electron chi connectivity index (χ0n) is 19.8. The van der Waals surface area contributed by atoms with Gasteiger partial charge >= 0.3 is 0 Å². The summed E-state index contributed by atoms with van der Waals surface area (Å²) in [5.74, 6) is 4.66. The van der Waals surface area contributed by atoms with Gasteiger partial charge in [-0.15, -0.1) is 20.4 Å². The quantitative estimate of drug-likeness (QED) is 0.342. The lowest BCUT2D eigenvalue weighted by Crippen LogP contribution is -2.39. The number of nitrogens with zero attached hydrogens (tertiary/aromatic N) is 6. The molecule has 0 unspecified atom stereocenters. The van der Waals surface area contributed by atoms with Crippen molar-refractivity contribution in [2.45, 2.75) is 47.8 Å². The van der Waals surface area contributed by atoms with Crippen LogP contribution in [0.1, 0.15) is 71.4 Å². The van der Waals surface area contributed by atoms with Crippen LogP contribution in [0.4, 0.5) is 0 Å². The molecule has 0 fully saturated rings. The SMILES string of the molecule is CCSc1nnc([C@@H]2C3c4ccccc4C(c4ccccc43)[C@H]2c2nnc(SCC)n2C)n1C. The van der Waals surface area contributed by atoms with Crippen LogP contribution >= 0.6 is 23.5 Å². The van der Waals surface area contributed by atoms with Gasteiger partial charge < -0.3 is 9.13 Å². The number of benzene rings is 2. The van der Waals surface area contributed by atoms with E-state index < -0.39 is 0 Å². The fraction of sp³-hybridized carbons (Fsp3) is 0.385. The molecule has 174 valence electrons. The van der Waals surface area contributed by atoms with Crippen molar-refractivity contribution in [2.24, 2.45) is 14.1 Å². The highest BCUT2D eigenvalue weighted by molar-refractivity contribution is 7.99. The maximum atomic E-state index is 4.80. The zero-order valence-corrected chi connectivity index (χ0v) is 21.5. The molecule has 0 amide bonds. The van der Waals surface area contributed by atoms with Crippen LogP contribution in [0.25, 0.3) is 0 Å². The highest BCUT2D eigenvalue weighted by Gasteiger charge is 2.54. The molecular formula is C26H28N6S2. The van der Waals surface area contributed by atoms with E-state index in [1.165, 1.54) is 22.3 Å². The molecule has 0 saturated heterocycles. The molecule has 6 nitrogen and oxygen atoms in total. The molecule has 0 spiro atoms. The largest absolute Gasteiger partial charge is 0.309 e. The molecule has 3 aliphatic carbocycles. The molecule has 3 aliphatic rings. The second-order valence-electron chi connectivity index (χ2n) is 8.93. The minimum atomic E-state index is 0.126. The summed E-state index contributed by atoms with van der Waals surface area (Å²) in [6.45, 7) is 4.31. The van der Waals surface area contributed by atoms with E-state index in [-0.39, 0.29) is 23.7 Å². The fourth-order valence-corrected chi connectivity index (χ4v) is 7.33. The van der Waals surface area contributed by atoms with Crippen molar-refractivity contribution >= 4 is 23.5 Å². The lowest BCUT2D eigenvalue weighted by molar-refractivity contribution is 0.345. The minimum absolute atomic E-state index is 0.126. The Hall–Kier alpha value is -2.58. The van der Waals surface area contributed by atoms with Gasteiger partial charge in [0.05, 0.1) is 0 Å². The first kappa shape index (κ1) is 21.9. The van der Waals surface area contributed by atoms with Crippen LogP contribution in [0, 0.1) is 0 Å². The average Bonchev–Trinajstić information content (AvgIpc) is 3.41. The number of fused-ring (bicyclic) bond motifs is 1. The van der Waals surface area contributed by atoms with Gasteiger partial charge in [-0.3, -0.25) is 0 Å². The Morgan fingerprint density at radius 1 is 0.618 bits per heavy atom. The molecule has 0 N–H and O–H groups in total. The topological polar surface area (TPSA) is 61.4 Å².